The molecule has 3 fully saturated rings. The van der Waals surface area contributed by atoms with Crippen LogP contribution in [0.3, 0.4) is 0 Å². The Hall–Kier alpha value is -1.45. The summed E-state index contributed by atoms with van der Waals surface area (Å²) in [5.74, 6) is 1.61. The molecule has 0 spiro atoms. The monoisotopic (exact) mass is 372 g/mol. The average molecular weight is 373 g/mol. The van der Waals surface area contributed by atoms with E-state index in [2.05, 4.69) is 13.8 Å². The minimum absolute atomic E-state index is 0.0629. The topological polar surface area (TPSA) is 60.4 Å². The summed E-state index contributed by atoms with van der Waals surface area (Å²) in [7, 11) is 0. The first kappa shape index (κ1) is 18.9. The number of allylic oxidation sites excluding steroid dienone is 1. The molecule has 7 unspecified atom stereocenters. The molecule has 0 amide bonds. The SMILES string of the molecule is CC(=O)OC1CC2(C)C(C(C)=O)CCC2C2CCC3=CC(=O)CCC3(C)C12. The Balaban J connectivity index is 1.77. The summed E-state index contributed by atoms with van der Waals surface area (Å²) in [6, 6.07) is 0. The van der Waals surface area contributed by atoms with Gasteiger partial charge in [-0.3, -0.25) is 14.4 Å². The van der Waals surface area contributed by atoms with Gasteiger partial charge in [0.2, 0.25) is 0 Å². The zero-order chi connectivity index (χ0) is 19.6. The second-order valence-electron chi connectivity index (χ2n) is 9.99. The summed E-state index contributed by atoms with van der Waals surface area (Å²) >= 11 is 0. The number of Topliss-reactive ketones (excluding diaryl/α,β-unsaturated/α-hetero) is 1. The Bertz CT molecular complexity index is 722. The highest BCUT2D eigenvalue weighted by molar-refractivity contribution is 5.91. The molecule has 0 aromatic heterocycles. The number of rotatable bonds is 2. The molecular formula is C23H32O4. The van der Waals surface area contributed by atoms with Crippen molar-refractivity contribution in [1.29, 1.82) is 0 Å². The fourth-order valence-corrected chi connectivity index (χ4v) is 7.64. The van der Waals surface area contributed by atoms with E-state index in [4.69, 9.17) is 4.74 Å². The van der Waals surface area contributed by atoms with Gasteiger partial charge in [0.15, 0.2) is 5.78 Å². The summed E-state index contributed by atoms with van der Waals surface area (Å²) in [5.41, 5.74) is 1.13. The third-order valence-corrected chi connectivity index (χ3v) is 8.68. The van der Waals surface area contributed by atoms with E-state index in [0.29, 0.717) is 18.3 Å². The molecule has 3 saturated carbocycles. The molecule has 27 heavy (non-hydrogen) atoms. The molecule has 4 heteroatoms. The maximum atomic E-state index is 12.4. The van der Waals surface area contributed by atoms with Crippen molar-refractivity contribution in [1.82, 2.24) is 0 Å². The van der Waals surface area contributed by atoms with Gasteiger partial charge in [0.1, 0.15) is 11.9 Å². The van der Waals surface area contributed by atoms with Crippen LogP contribution < -0.4 is 0 Å². The standard InChI is InChI=1S/C23H32O4/c1-13(24)18-7-8-19-17-6-5-15-11-16(26)9-10-22(15,3)21(17)20(27-14(2)25)12-23(18,19)4/h11,17-21H,5-10,12H2,1-4H3. The molecule has 7 atom stereocenters. The molecule has 0 bridgehead atoms. The van der Waals surface area contributed by atoms with Crippen molar-refractivity contribution in [2.75, 3.05) is 0 Å². The molecule has 0 heterocycles. The number of carbonyl (C=O) groups is 3. The molecule has 148 valence electrons. The Morgan fingerprint density at radius 3 is 2.52 bits per heavy atom. The maximum absolute atomic E-state index is 12.4. The Kier molecular flexibility index (Phi) is 4.40. The van der Waals surface area contributed by atoms with Crippen molar-refractivity contribution in [3.05, 3.63) is 11.6 Å². The quantitative estimate of drug-likeness (QED) is 0.679. The largest absolute Gasteiger partial charge is 0.462 e. The third-order valence-electron chi connectivity index (χ3n) is 8.68. The van der Waals surface area contributed by atoms with Crippen molar-refractivity contribution < 1.29 is 19.1 Å². The van der Waals surface area contributed by atoms with Crippen LogP contribution in [0.25, 0.3) is 0 Å². The zero-order valence-corrected chi connectivity index (χ0v) is 17.0. The van der Waals surface area contributed by atoms with Crippen molar-refractivity contribution in [2.45, 2.75) is 78.7 Å². The highest BCUT2D eigenvalue weighted by Crippen LogP contribution is 2.67. The summed E-state index contributed by atoms with van der Waals surface area (Å²) in [6.45, 7) is 7.77. The summed E-state index contributed by atoms with van der Waals surface area (Å²) in [6.07, 6.45) is 8.02. The van der Waals surface area contributed by atoms with Gasteiger partial charge in [-0.25, -0.2) is 0 Å². The minimum atomic E-state index is -0.232. The number of hydrogen-bond donors (Lipinski definition) is 0. The molecule has 0 N–H and O–H groups in total. The normalized spacial score (nSPS) is 46.0. The van der Waals surface area contributed by atoms with Gasteiger partial charge in [0.25, 0.3) is 0 Å². The van der Waals surface area contributed by atoms with Crippen LogP contribution in [0.2, 0.25) is 0 Å². The number of esters is 1. The van der Waals surface area contributed by atoms with Crippen molar-refractivity contribution >= 4 is 17.5 Å². The van der Waals surface area contributed by atoms with Gasteiger partial charge in [-0.1, -0.05) is 19.4 Å². The van der Waals surface area contributed by atoms with Crippen LogP contribution in [0.4, 0.5) is 0 Å². The van der Waals surface area contributed by atoms with E-state index < -0.39 is 0 Å². The first-order valence-corrected chi connectivity index (χ1v) is 10.6. The van der Waals surface area contributed by atoms with E-state index in [9.17, 15) is 14.4 Å². The third kappa shape index (κ3) is 2.74. The second kappa shape index (κ2) is 6.28. The molecule has 0 radical (unpaired) electrons. The predicted molar refractivity (Wildman–Crippen MR) is 102 cm³/mol. The average Bonchev–Trinajstić information content (AvgIpc) is 2.91. The molecule has 0 aromatic carbocycles. The van der Waals surface area contributed by atoms with Crippen LogP contribution in [0.15, 0.2) is 11.6 Å². The van der Waals surface area contributed by atoms with E-state index in [0.717, 1.165) is 38.5 Å². The van der Waals surface area contributed by atoms with Crippen LogP contribution in [-0.2, 0) is 19.1 Å². The number of ketones is 2. The highest BCUT2D eigenvalue weighted by Gasteiger charge is 2.63. The number of carbonyl (C=O) groups excluding carboxylic acids is 3. The Labute approximate surface area is 162 Å². The first-order valence-electron chi connectivity index (χ1n) is 10.6. The second-order valence-corrected chi connectivity index (χ2v) is 9.99. The van der Waals surface area contributed by atoms with Crippen LogP contribution in [-0.4, -0.2) is 23.6 Å². The number of hydrogen-bond acceptors (Lipinski definition) is 4. The van der Waals surface area contributed by atoms with Gasteiger partial charge in [0, 0.05) is 25.2 Å². The lowest BCUT2D eigenvalue weighted by atomic mass is 9.46. The highest BCUT2D eigenvalue weighted by atomic mass is 16.5. The minimum Gasteiger partial charge on any atom is -0.462 e. The van der Waals surface area contributed by atoms with E-state index in [1.807, 2.05) is 6.08 Å². The maximum Gasteiger partial charge on any atom is 0.302 e. The molecule has 0 saturated heterocycles. The summed E-state index contributed by atoms with van der Waals surface area (Å²) < 4.78 is 5.94. The van der Waals surface area contributed by atoms with E-state index in [1.165, 1.54) is 12.5 Å². The molecule has 4 rings (SSSR count). The van der Waals surface area contributed by atoms with E-state index >= 15 is 0 Å². The lowest BCUT2D eigenvalue weighted by Crippen LogP contribution is -2.57. The molecular weight excluding hydrogens is 340 g/mol. The summed E-state index contributed by atoms with van der Waals surface area (Å²) in [4.78, 5) is 36.4. The van der Waals surface area contributed by atoms with Crippen LogP contribution in [0, 0.1) is 34.5 Å². The Morgan fingerprint density at radius 2 is 1.85 bits per heavy atom. The van der Waals surface area contributed by atoms with Gasteiger partial charge in [-0.05, 0) is 74.2 Å². The van der Waals surface area contributed by atoms with Gasteiger partial charge in [-0.15, -0.1) is 0 Å². The van der Waals surface area contributed by atoms with E-state index in [-0.39, 0.29) is 46.3 Å². The zero-order valence-electron chi connectivity index (χ0n) is 17.0. The molecule has 0 aliphatic heterocycles. The van der Waals surface area contributed by atoms with Crippen molar-refractivity contribution in [3.63, 3.8) is 0 Å². The van der Waals surface area contributed by atoms with Crippen LogP contribution >= 0.6 is 0 Å². The lowest BCUT2D eigenvalue weighted by molar-refractivity contribution is -0.176. The van der Waals surface area contributed by atoms with Gasteiger partial charge in [0.05, 0.1) is 0 Å². The van der Waals surface area contributed by atoms with Crippen molar-refractivity contribution in [3.8, 4) is 0 Å². The lowest BCUT2D eigenvalue weighted by Gasteiger charge is -2.60. The fraction of sp³-hybridized carbons (Fsp3) is 0.783. The van der Waals surface area contributed by atoms with Crippen LogP contribution in [0.1, 0.15) is 72.6 Å². The number of fused-ring (bicyclic) bond motifs is 5. The van der Waals surface area contributed by atoms with Crippen LogP contribution in [0.5, 0.6) is 0 Å². The smallest absolute Gasteiger partial charge is 0.302 e. The summed E-state index contributed by atoms with van der Waals surface area (Å²) in [5, 5.41) is 0. The van der Waals surface area contributed by atoms with Gasteiger partial charge in [-0.2, -0.15) is 0 Å². The van der Waals surface area contributed by atoms with Gasteiger partial charge >= 0.3 is 5.97 Å². The van der Waals surface area contributed by atoms with Crippen molar-refractivity contribution in [2.24, 2.45) is 34.5 Å². The number of ether oxygens (including phenoxy) is 1. The Morgan fingerprint density at radius 1 is 1.11 bits per heavy atom. The van der Waals surface area contributed by atoms with E-state index in [1.54, 1.807) is 6.92 Å². The molecule has 4 aliphatic carbocycles. The first-order chi connectivity index (χ1) is 12.7. The molecule has 4 nitrogen and oxygen atoms in total. The predicted octanol–water partition coefficient (Wildman–Crippen LogP) is 4.27. The fourth-order valence-electron chi connectivity index (χ4n) is 7.64. The molecule has 0 aromatic rings. The van der Waals surface area contributed by atoms with Gasteiger partial charge < -0.3 is 4.74 Å². The molecule has 4 aliphatic rings.